The van der Waals surface area contributed by atoms with Crippen molar-refractivity contribution in [2.75, 3.05) is 31.2 Å². The monoisotopic (exact) mass is 358 g/mol. The van der Waals surface area contributed by atoms with Crippen molar-refractivity contribution in [1.82, 2.24) is 4.98 Å². The summed E-state index contributed by atoms with van der Waals surface area (Å²) in [5.41, 5.74) is 1.04. The molecule has 0 aliphatic carbocycles. The van der Waals surface area contributed by atoms with Gasteiger partial charge in [-0.3, -0.25) is 0 Å². The lowest BCUT2D eigenvalue weighted by atomic mass is 10.2. The van der Waals surface area contributed by atoms with Gasteiger partial charge in [0, 0.05) is 19.2 Å². The molecular formula is C18H15FN2O3S. The van der Waals surface area contributed by atoms with Crippen LogP contribution in [0, 0.1) is 5.82 Å². The first kappa shape index (κ1) is 16.0. The second-order valence-electron chi connectivity index (χ2n) is 5.63. The average molecular weight is 358 g/mol. The molecule has 7 heteroatoms. The van der Waals surface area contributed by atoms with E-state index in [4.69, 9.17) is 9.47 Å². The molecule has 1 aromatic heterocycles. The molecule has 3 aromatic rings. The van der Waals surface area contributed by atoms with E-state index in [9.17, 15) is 9.18 Å². The smallest absolute Gasteiger partial charge is 0.343 e. The number of carbonyl (C=O) groups excluding carboxylic acids is 1. The van der Waals surface area contributed by atoms with Crippen molar-refractivity contribution in [3.05, 3.63) is 53.8 Å². The molecular weight excluding hydrogens is 343 g/mol. The molecule has 0 N–H and O–H groups in total. The van der Waals surface area contributed by atoms with E-state index < -0.39 is 11.8 Å². The molecule has 2 aromatic carbocycles. The van der Waals surface area contributed by atoms with Crippen LogP contribution >= 0.6 is 11.3 Å². The number of halogens is 1. The Labute approximate surface area is 147 Å². The van der Waals surface area contributed by atoms with Crippen molar-refractivity contribution in [3.8, 4) is 5.75 Å². The molecule has 1 aliphatic heterocycles. The van der Waals surface area contributed by atoms with Gasteiger partial charge in [0.2, 0.25) is 0 Å². The van der Waals surface area contributed by atoms with Crippen LogP contribution in [0.15, 0.2) is 42.5 Å². The highest BCUT2D eigenvalue weighted by atomic mass is 32.1. The number of aromatic nitrogens is 1. The Bertz CT molecular complexity index is 922. The fraction of sp³-hybridized carbons (Fsp3) is 0.222. The first-order valence-corrected chi connectivity index (χ1v) is 8.72. The predicted octanol–water partition coefficient (Wildman–Crippen LogP) is 3.49. The normalized spacial score (nSPS) is 14.7. The van der Waals surface area contributed by atoms with E-state index in [0.29, 0.717) is 19.0 Å². The van der Waals surface area contributed by atoms with Gasteiger partial charge in [0.1, 0.15) is 11.6 Å². The second-order valence-corrected chi connectivity index (χ2v) is 6.63. The van der Waals surface area contributed by atoms with Crippen LogP contribution < -0.4 is 9.64 Å². The fourth-order valence-corrected chi connectivity index (χ4v) is 3.67. The van der Waals surface area contributed by atoms with Gasteiger partial charge in [0.25, 0.3) is 0 Å². The zero-order valence-electron chi connectivity index (χ0n) is 13.3. The number of morpholine rings is 1. The molecule has 0 unspecified atom stereocenters. The third-order valence-electron chi connectivity index (χ3n) is 3.90. The number of thiazole rings is 1. The number of nitrogens with zero attached hydrogens (tertiary/aromatic N) is 2. The molecule has 25 heavy (non-hydrogen) atoms. The van der Waals surface area contributed by atoms with Crippen LogP contribution in [0.4, 0.5) is 9.52 Å². The number of ether oxygens (including phenoxy) is 2. The van der Waals surface area contributed by atoms with Crippen LogP contribution in [0.2, 0.25) is 0 Å². The first-order chi connectivity index (χ1) is 12.2. The van der Waals surface area contributed by atoms with E-state index in [1.165, 1.54) is 18.2 Å². The number of rotatable bonds is 3. The maximum atomic E-state index is 13.2. The third-order valence-corrected chi connectivity index (χ3v) is 4.98. The van der Waals surface area contributed by atoms with Crippen LogP contribution in [-0.4, -0.2) is 37.3 Å². The Kier molecular flexibility index (Phi) is 4.33. The van der Waals surface area contributed by atoms with E-state index in [1.807, 2.05) is 6.07 Å². The Morgan fingerprint density at radius 3 is 2.84 bits per heavy atom. The van der Waals surface area contributed by atoms with Crippen LogP contribution in [0.1, 0.15) is 10.4 Å². The van der Waals surface area contributed by atoms with Crippen molar-refractivity contribution in [1.29, 1.82) is 0 Å². The average Bonchev–Trinajstić information content (AvgIpc) is 3.06. The van der Waals surface area contributed by atoms with E-state index in [0.717, 1.165) is 34.5 Å². The molecule has 0 radical (unpaired) electrons. The van der Waals surface area contributed by atoms with Gasteiger partial charge in [-0.1, -0.05) is 17.4 Å². The lowest BCUT2D eigenvalue weighted by Crippen LogP contribution is -2.36. The van der Waals surface area contributed by atoms with Gasteiger partial charge < -0.3 is 14.4 Å². The molecule has 0 amide bonds. The van der Waals surface area contributed by atoms with Crippen LogP contribution in [0.25, 0.3) is 10.2 Å². The Hall–Kier alpha value is -2.51. The molecule has 128 valence electrons. The van der Waals surface area contributed by atoms with Crippen molar-refractivity contribution in [2.24, 2.45) is 0 Å². The minimum absolute atomic E-state index is 0.179. The predicted molar refractivity (Wildman–Crippen MR) is 94.0 cm³/mol. The molecule has 1 saturated heterocycles. The van der Waals surface area contributed by atoms with Gasteiger partial charge >= 0.3 is 5.97 Å². The zero-order valence-corrected chi connectivity index (χ0v) is 14.1. The Balaban J connectivity index is 1.55. The minimum atomic E-state index is -0.586. The quantitative estimate of drug-likeness (QED) is 0.530. The summed E-state index contributed by atoms with van der Waals surface area (Å²) in [5.74, 6) is -0.641. The van der Waals surface area contributed by atoms with E-state index in [-0.39, 0.29) is 5.56 Å². The lowest BCUT2D eigenvalue weighted by molar-refractivity contribution is 0.0734. The van der Waals surface area contributed by atoms with Gasteiger partial charge in [-0.2, -0.15) is 0 Å². The number of benzene rings is 2. The summed E-state index contributed by atoms with van der Waals surface area (Å²) in [6, 6.07) is 10.7. The third kappa shape index (κ3) is 3.47. The Morgan fingerprint density at radius 2 is 2.04 bits per heavy atom. The topological polar surface area (TPSA) is 51.7 Å². The van der Waals surface area contributed by atoms with Crippen molar-refractivity contribution in [2.45, 2.75) is 0 Å². The summed E-state index contributed by atoms with van der Waals surface area (Å²) in [7, 11) is 0. The number of carbonyl (C=O) groups is 1. The summed E-state index contributed by atoms with van der Waals surface area (Å²) < 4.78 is 24.9. The zero-order chi connectivity index (χ0) is 17.2. The maximum Gasteiger partial charge on any atom is 0.343 e. The summed E-state index contributed by atoms with van der Waals surface area (Å²) in [5, 5.41) is 0.937. The lowest BCUT2D eigenvalue weighted by Gasteiger charge is -2.25. The molecule has 0 saturated carbocycles. The largest absolute Gasteiger partial charge is 0.423 e. The van der Waals surface area contributed by atoms with Crippen LogP contribution in [0.3, 0.4) is 0 Å². The van der Waals surface area contributed by atoms with Gasteiger partial charge in [-0.25, -0.2) is 14.2 Å². The highest BCUT2D eigenvalue weighted by Crippen LogP contribution is 2.32. The summed E-state index contributed by atoms with van der Waals surface area (Å²) in [4.78, 5) is 18.9. The van der Waals surface area contributed by atoms with Crippen LogP contribution in [0.5, 0.6) is 5.75 Å². The standard InChI is InChI=1S/C18H15FN2O3S/c19-13-3-1-2-12(10-13)17(22)24-14-4-5-15-16(11-14)25-18(20-15)21-6-8-23-9-7-21/h1-5,10-11H,6-9H2. The van der Waals surface area contributed by atoms with Gasteiger partial charge in [0.15, 0.2) is 5.13 Å². The highest BCUT2D eigenvalue weighted by Gasteiger charge is 2.16. The molecule has 1 fully saturated rings. The first-order valence-electron chi connectivity index (χ1n) is 7.90. The van der Waals surface area contributed by atoms with Gasteiger partial charge in [0.05, 0.1) is 29.0 Å². The molecule has 4 rings (SSSR count). The van der Waals surface area contributed by atoms with E-state index in [1.54, 1.807) is 23.5 Å². The number of hydrogen-bond donors (Lipinski definition) is 0. The summed E-state index contributed by atoms with van der Waals surface area (Å²) in [6.45, 7) is 3.04. The second kappa shape index (κ2) is 6.78. The summed E-state index contributed by atoms with van der Waals surface area (Å²) in [6.07, 6.45) is 0. The molecule has 0 spiro atoms. The number of hydrogen-bond acceptors (Lipinski definition) is 6. The summed E-state index contributed by atoms with van der Waals surface area (Å²) >= 11 is 1.55. The van der Waals surface area contributed by atoms with Crippen molar-refractivity contribution in [3.63, 3.8) is 0 Å². The molecule has 0 bridgehead atoms. The minimum Gasteiger partial charge on any atom is -0.423 e. The molecule has 5 nitrogen and oxygen atoms in total. The van der Waals surface area contributed by atoms with E-state index >= 15 is 0 Å². The molecule has 0 atom stereocenters. The highest BCUT2D eigenvalue weighted by molar-refractivity contribution is 7.22. The van der Waals surface area contributed by atoms with Crippen molar-refractivity contribution < 1.29 is 18.7 Å². The fourth-order valence-electron chi connectivity index (χ4n) is 2.63. The van der Waals surface area contributed by atoms with E-state index in [2.05, 4.69) is 9.88 Å². The van der Waals surface area contributed by atoms with Gasteiger partial charge in [-0.05, 0) is 30.3 Å². The molecule has 2 heterocycles. The van der Waals surface area contributed by atoms with Crippen LogP contribution in [-0.2, 0) is 4.74 Å². The maximum absolute atomic E-state index is 13.2. The number of fused-ring (bicyclic) bond motifs is 1. The van der Waals surface area contributed by atoms with Gasteiger partial charge in [-0.15, -0.1) is 0 Å². The number of anilines is 1. The SMILES string of the molecule is O=C(Oc1ccc2nc(N3CCOCC3)sc2c1)c1cccc(F)c1. The Morgan fingerprint density at radius 1 is 1.20 bits per heavy atom. The van der Waals surface area contributed by atoms with Crippen molar-refractivity contribution >= 4 is 32.7 Å². The number of esters is 1. The molecule has 1 aliphatic rings.